The fourth-order valence-corrected chi connectivity index (χ4v) is 2.14. The first-order valence-corrected chi connectivity index (χ1v) is 6.79. The molecule has 1 aliphatic rings. The summed E-state index contributed by atoms with van der Waals surface area (Å²) < 4.78 is 0. The molecular formula is C13H27N3O. The topological polar surface area (TPSA) is 58.4 Å². The lowest BCUT2D eigenvalue weighted by molar-refractivity contribution is -0.120. The standard InChI is InChI=1S/C13H27N3O/c1-4-8-15-12(13(14)17)7-9-16(3)10(2)11-5-6-11/h10-12,15H,4-9H2,1-3H3,(H2,14,17). The number of carbonyl (C=O) groups excluding carboxylic acids is 1. The number of primary amides is 1. The highest BCUT2D eigenvalue weighted by Gasteiger charge is 2.30. The maximum absolute atomic E-state index is 11.3. The van der Waals surface area contributed by atoms with Gasteiger partial charge in [0.05, 0.1) is 6.04 Å². The predicted octanol–water partition coefficient (Wildman–Crippen LogP) is 0.960. The zero-order valence-corrected chi connectivity index (χ0v) is 11.4. The van der Waals surface area contributed by atoms with Crippen LogP contribution in [0.25, 0.3) is 0 Å². The Labute approximate surface area is 105 Å². The number of hydrogen-bond acceptors (Lipinski definition) is 3. The highest BCUT2D eigenvalue weighted by atomic mass is 16.1. The van der Waals surface area contributed by atoms with Gasteiger partial charge in [0.2, 0.25) is 5.91 Å². The van der Waals surface area contributed by atoms with Crippen LogP contribution in [0.5, 0.6) is 0 Å². The summed E-state index contributed by atoms with van der Waals surface area (Å²) >= 11 is 0. The average Bonchev–Trinajstić information content (AvgIpc) is 3.11. The molecule has 2 atom stereocenters. The summed E-state index contributed by atoms with van der Waals surface area (Å²) in [5.74, 6) is 0.640. The van der Waals surface area contributed by atoms with Crippen LogP contribution in [0.3, 0.4) is 0 Å². The highest BCUT2D eigenvalue weighted by Crippen LogP contribution is 2.34. The minimum atomic E-state index is -0.231. The summed E-state index contributed by atoms with van der Waals surface area (Å²) in [6.45, 7) is 6.15. The molecule has 1 fully saturated rings. The summed E-state index contributed by atoms with van der Waals surface area (Å²) in [4.78, 5) is 13.6. The second kappa shape index (κ2) is 6.97. The average molecular weight is 241 g/mol. The molecular weight excluding hydrogens is 214 g/mol. The first-order chi connectivity index (χ1) is 8.06. The van der Waals surface area contributed by atoms with Crippen LogP contribution in [0.15, 0.2) is 0 Å². The van der Waals surface area contributed by atoms with Crippen LogP contribution in [0.2, 0.25) is 0 Å². The largest absolute Gasteiger partial charge is 0.368 e. The monoisotopic (exact) mass is 241 g/mol. The van der Waals surface area contributed by atoms with Crippen LogP contribution in [0.1, 0.15) is 39.5 Å². The van der Waals surface area contributed by atoms with Gasteiger partial charge in [0.1, 0.15) is 0 Å². The summed E-state index contributed by atoms with van der Waals surface area (Å²) in [7, 11) is 2.14. The van der Waals surface area contributed by atoms with Crippen LogP contribution in [-0.2, 0) is 4.79 Å². The van der Waals surface area contributed by atoms with E-state index in [-0.39, 0.29) is 11.9 Å². The van der Waals surface area contributed by atoms with Crippen molar-refractivity contribution in [3.8, 4) is 0 Å². The van der Waals surface area contributed by atoms with Gasteiger partial charge in [-0.2, -0.15) is 0 Å². The van der Waals surface area contributed by atoms with Gasteiger partial charge in [-0.3, -0.25) is 4.79 Å². The molecule has 0 radical (unpaired) electrons. The maximum atomic E-state index is 11.3. The lowest BCUT2D eigenvalue weighted by atomic mass is 10.1. The second-order valence-electron chi connectivity index (χ2n) is 5.26. The summed E-state index contributed by atoms with van der Waals surface area (Å²) in [6, 6.07) is 0.457. The fourth-order valence-electron chi connectivity index (χ4n) is 2.14. The molecule has 1 aliphatic carbocycles. The first kappa shape index (κ1) is 14.5. The predicted molar refractivity (Wildman–Crippen MR) is 70.7 cm³/mol. The van der Waals surface area contributed by atoms with E-state index in [1.54, 1.807) is 0 Å². The van der Waals surface area contributed by atoms with E-state index in [0.29, 0.717) is 6.04 Å². The molecule has 4 nitrogen and oxygen atoms in total. The van der Waals surface area contributed by atoms with Crippen molar-refractivity contribution in [1.82, 2.24) is 10.2 Å². The normalized spacial score (nSPS) is 19.3. The summed E-state index contributed by atoms with van der Waals surface area (Å²) in [5.41, 5.74) is 5.39. The molecule has 3 N–H and O–H groups in total. The van der Waals surface area contributed by atoms with Gasteiger partial charge >= 0.3 is 0 Å². The Hall–Kier alpha value is -0.610. The number of nitrogens with one attached hydrogen (secondary N) is 1. The zero-order valence-electron chi connectivity index (χ0n) is 11.4. The molecule has 0 heterocycles. The molecule has 0 aromatic rings. The molecule has 1 amide bonds. The van der Waals surface area contributed by atoms with E-state index in [1.165, 1.54) is 12.8 Å². The van der Waals surface area contributed by atoms with E-state index >= 15 is 0 Å². The van der Waals surface area contributed by atoms with Crippen molar-refractivity contribution in [3.63, 3.8) is 0 Å². The number of amides is 1. The molecule has 0 spiro atoms. The van der Waals surface area contributed by atoms with Crippen molar-refractivity contribution in [1.29, 1.82) is 0 Å². The number of hydrogen-bond donors (Lipinski definition) is 2. The second-order valence-corrected chi connectivity index (χ2v) is 5.26. The third-order valence-electron chi connectivity index (χ3n) is 3.75. The lowest BCUT2D eigenvalue weighted by Crippen LogP contribution is -2.44. The zero-order chi connectivity index (χ0) is 12.8. The molecule has 0 aromatic heterocycles. The Bertz CT molecular complexity index is 241. The quantitative estimate of drug-likeness (QED) is 0.632. The van der Waals surface area contributed by atoms with Gasteiger partial charge < -0.3 is 16.0 Å². The van der Waals surface area contributed by atoms with Crippen molar-refractivity contribution in [2.45, 2.75) is 51.6 Å². The third kappa shape index (κ3) is 5.04. The molecule has 2 unspecified atom stereocenters. The van der Waals surface area contributed by atoms with Gasteiger partial charge in [0.25, 0.3) is 0 Å². The van der Waals surface area contributed by atoms with Crippen LogP contribution in [-0.4, -0.2) is 43.0 Å². The Morgan fingerprint density at radius 3 is 2.65 bits per heavy atom. The molecule has 17 heavy (non-hydrogen) atoms. The van der Waals surface area contributed by atoms with Crippen LogP contribution in [0, 0.1) is 5.92 Å². The van der Waals surface area contributed by atoms with Gasteiger partial charge in [-0.05, 0) is 52.1 Å². The summed E-state index contributed by atoms with van der Waals surface area (Å²) in [5, 5.41) is 3.21. The van der Waals surface area contributed by atoms with E-state index in [2.05, 4.69) is 31.1 Å². The molecule has 100 valence electrons. The number of nitrogens with zero attached hydrogens (tertiary/aromatic N) is 1. The van der Waals surface area contributed by atoms with Crippen molar-refractivity contribution in [3.05, 3.63) is 0 Å². The van der Waals surface area contributed by atoms with E-state index in [9.17, 15) is 4.79 Å². The van der Waals surface area contributed by atoms with Crippen molar-refractivity contribution in [2.75, 3.05) is 20.1 Å². The fraction of sp³-hybridized carbons (Fsp3) is 0.923. The smallest absolute Gasteiger partial charge is 0.234 e. The molecule has 0 aromatic carbocycles. The van der Waals surface area contributed by atoms with Crippen molar-refractivity contribution >= 4 is 5.91 Å². The van der Waals surface area contributed by atoms with E-state index < -0.39 is 0 Å². The molecule has 1 saturated carbocycles. The Balaban J connectivity index is 2.26. The molecule has 1 rings (SSSR count). The van der Waals surface area contributed by atoms with E-state index in [0.717, 1.165) is 31.8 Å². The van der Waals surface area contributed by atoms with Crippen LogP contribution in [0.4, 0.5) is 0 Å². The minimum absolute atomic E-state index is 0.177. The Morgan fingerprint density at radius 2 is 2.18 bits per heavy atom. The Kier molecular flexibility index (Phi) is 5.92. The van der Waals surface area contributed by atoms with Gasteiger partial charge in [0, 0.05) is 12.6 Å². The number of carbonyl (C=O) groups is 1. The molecule has 4 heteroatoms. The van der Waals surface area contributed by atoms with Crippen molar-refractivity contribution in [2.24, 2.45) is 11.7 Å². The van der Waals surface area contributed by atoms with Gasteiger partial charge in [0.15, 0.2) is 0 Å². The van der Waals surface area contributed by atoms with Crippen molar-refractivity contribution < 1.29 is 4.79 Å². The number of rotatable bonds is 9. The number of nitrogens with two attached hydrogens (primary N) is 1. The Morgan fingerprint density at radius 1 is 1.53 bits per heavy atom. The van der Waals surface area contributed by atoms with Gasteiger partial charge in [-0.1, -0.05) is 6.92 Å². The van der Waals surface area contributed by atoms with Crippen LogP contribution >= 0.6 is 0 Å². The maximum Gasteiger partial charge on any atom is 0.234 e. The molecule has 0 saturated heterocycles. The lowest BCUT2D eigenvalue weighted by Gasteiger charge is -2.26. The van der Waals surface area contributed by atoms with Gasteiger partial charge in [-0.15, -0.1) is 0 Å². The van der Waals surface area contributed by atoms with E-state index in [4.69, 9.17) is 5.73 Å². The van der Waals surface area contributed by atoms with Gasteiger partial charge in [-0.25, -0.2) is 0 Å². The first-order valence-electron chi connectivity index (χ1n) is 6.79. The third-order valence-corrected chi connectivity index (χ3v) is 3.75. The molecule has 0 aliphatic heterocycles. The molecule has 0 bridgehead atoms. The SMILES string of the molecule is CCCNC(CCN(C)C(C)C1CC1)C(N)=O. The minimum Gasteiger partial charge on any atom is -0.368 e. The summed E-state index contributed by atoms with van der Waals surface area (Å²) in [6.07, 6.45) is 4.55. The van der Waals surface area contributed by atoms with Crippen LogP contribution < -0.4 is 11.1 Å². The van der Waals surface area contributed by atoms with E-state index in [1.807, 2.05) is 0 Å². The highest BCUT2D eigenvalue weighted by molar-refractivity contribution is 5.79.